The predicted octanol–water partition coefficient (Wildman–Crippen LogP) is 4.65. The van der Waals surface area contributed by atoms with Gasteiger partial charge in [0, 0.05) is 11.5 Å². The molecule has 0 bridgehead atoms. The molecule has 0 unspecified atom stereocenters. The lowest BCUT2D eigenvalue weighted by molar-refractivity contribution is 0.105. The average molecular weight is 296 g/mol. The van der Waals surface area contributed by atoms with Crippen LogP contribution in [0.3, 0.4) is 0 Å². The van der Waals surface area contributed by atoms with Gasteiger partial charge in [0.15, 0.2) is 0 Å². The highest BCUT2D eigenvalue weighted by atomic mass is 16.5. The standard InChI is InChI=1S/C20H24O2/c21-18-8-4-3-7-17(18)20-16-6-2-1-5-15(16)11-12-19(20)22-13-14-9-10-14/h1-2,5-6,11-12,14,17-18,21H,3-4,7-10,13H2/t17-,18+/m0/s1. The summed E-state index contributed by atoms with van der Waals surface area (Å²) in [6.45, 7) is 0.828. The highest BCUT2D eigenvalue weighted by Crippen LogP contribution is 2.42. The van der Waals surface area contributed by atoms with Crippen molar-refractivity contribution in [1.82, 2.24) is 0 Å². The highest BCUT2D eigenvalue weighted by molar-refractivity contribution is 5.88. The lowest BCUT2D eigenvalue weighted by atomic mass is 9.79. The Morgan fingerprint density at radius 2 is 1.77 bits per heavy atom. The Bertz CT molecular complexity index is 660. The average Bonchev–Trinajstić information content (AvgIpc) is 3.37. The first-order valence-corrected chi connectivity index (χ1v) is 8.65. The van der Waals surface area contributed by atoms with Gasteiger partial charge in [-0.05, 0) is 48.4 Å². The van der Waals surface area contributed by atoms with Crippen molar-refractivity contribution in [3.05, 3.63) is 42.0 Å². The smallest absolute Gasteiger partial charge is 0.123 e. The summed E-state index contributed by atoms with van der Waals surface area (Å²) in [4.78, 5) is 0. The maximum absolute atomic E-state index is 10.5. The number of aliphatic hydroxyl groups excluding tert-OH is 1. The van der Waals surface area contributed by atoms with Crippen LogP contribution in [-0.2, 0) is 0 Å². The molecule has 0 amide bonds. The van der Waals surface area contributed by atoms with E-state index in [-0.39, 0.29) is 12.0 Å². The van der Waals surface area contributed by atoms with Gasteiger partial charge in [-0.2, -0.15) is 0 Å². The van der Waals surface area contributed by atoms with E-state index in [0.717, 1.165) is 37.5 Å². The lowest BCUT2D eigenvalue weighted by Gasteiger charge is -2.30. The van der Waals surface area contributed by atoms with Crippen LogP contribution in [0, 0.1) is 5.92 Å². The summed E-state index contributed by atoms with van der Waals surface area (Å²) in [7, 11) is 0. The van der Waals surface area contributed by atoms with Crippen molar-refractivity contribution in [3.8, 4) is 5.75 Å². The second-order valence-corrected chi connectivity index (χ2v) is 6.91. The van der Waals surface area contributed by atoms with Gasteiger partial charge in [-0.3, -0.25) is 0 Å². The number of hydrogen-bond acceptors (Lipinski definition) is 2. The first-order chi connectivity index (χ1) is 10.8. The maximum Gasteiger partial charge on any atom is 0.123 e. The molecule has 0 spiro atoms. The first kappa shape index (κ1) is 14.1. The van der Waals surface area contributed by atoms with Gasteiger partial charge in [0.1, 0.15) is 5.75 Å². The molecule has 2 aliphatic rings. The molecule has 2 nitrogen and oxygen atoms in total. The van der Waals surface area contributed by atoms with Crippen LogP contribution in [0.15, 0.2) is 36.4 Å². The number of aliphatic hydroxyl groups is 1. The zero-order chi connectivity index (χ0) is 14.9. The molecule has 0 saturated heterocycles. The molecule has 2 heteroatoms. The van der Waals surface area contributed by atoms with Crippen molar-refractivity contribution < 1.29 is 9.84 Å². The zero-order valence-electron chi connectivity index (χ0n) is 13.0. The highest BCUT2D eigenvalue weighted by Gasteiger charge is 2.29. The van der Waals surface area contributed by atoms with E-state index in [1.165, 1.54) is 35.6 Å². The third kappa shape index (κ3) is 2.72. The Morgan fingerprint density at radius 3 is 2.59 bits per heavy atom. The molecule has 2 aromatic rings. The molecule has 116 valence electrons. The largest absolute Gasteiger partial charge is 0.493 e. The van der Waals surface area contributed by atoms with E-state index >= 15 is 0 Å². The number of rotatable bonds is 4. The first-order valence-electron chi connectivity index (χ1n) is 8.65. The van der Waals surface area contributed by atoms with Gasteiger partial charge in [-0.15, -0.1) is 0 Å². The molecule has 1 N–H and O–H groups in total. The van der Waals surface area contributed by atoms with Crippen molar-refractivity contribution in [3.63, 3.8) is 0 Å². The van der Waals surface area contributed by atoms with Crippen LogP contribution in [0.1, 0.15) is 50.0 Å². The van der Waals surface area contributed by atoms with Crippen LogP contribution < -0.4 is 4.74 Å². The summed E-state index contributed by atoms with van der Waals surface area (Å²) in [6, 6.07) is 12.8. The van der Waals surface area contributed by atoms with Crippen LogP contribution >= 0.6 is 0 Å². The van der Waals surface area contributed by atoms with Gasteiger partial charge in [-0.1, -0.05) is 43.2 Å². The summed E-state index contributed by atoms with van der Waals surface area (Å²) in [5.41, 5.74) is 1.24. The van der Waals surface area contributed by atoms with E-state index in [1.54, 1.807) is 0 Å². The fourth-order valence-corrected chi connectivity index (χ4v) is 3.72. The van der Waals surface area contributed by atoms with Crippen LogP contribution in [0.4, 0.5) is 0 Å². The van der Waals surface area contributed by atoms with E-state index < -0.39 is 0 Å². The van der Waals surface area contributed by atoms with Gasteiger partial charge >= 0.3 is 0 Å². The van der Waals surface area contributed by atoms with Gasteiger partial charge in [0.2, 0.25) is 0 Å². The maximum atomic E-state index is 10.5. The fourth-order valence-electron chi connectivity index (χ4n) is 3.72. The second kappa shape index (κ2) is 5.92. The Morgan fingerprint density at radius 1 is 0.955 bits per heavy atom. The van der Waals surface area contributed by atoms with Gasteiger partial charge in [-0.25, -0.2) is 0 Å². The molecular weight excluding hydrogens is 272 g/mol. The van der Waals surface area contributed by atoms with Crippen molar-refractivity contribution in [2.45, 2.75) is 50.5 Å². The summed E-state index contributed by atoms with van der Waals surface area (Å²) >= 11 is 0. The Hall–Kier alpha value is -1.54. The van der Waals surface area contributed by atoms with Crippen LogP contribution in [-0.4, -0.2) is 17.8 Å². The molecule has 0 aromatic heterocycles. The molecular formula is C20H24O2. The SMILES string of the molecule is O[C@@H]1CCCC[C@@H]1c1c(OCC2CC2)ccc2ccccc12. The predicted molar refractivity (Wildman–Crippen MR) is 89.4 cm³/mol. The summed E-state index contributed by atoms with van der Waals surface area (Å²) in [5, 5.41) is 13.0. The molecule has 22 heavy (non-hydrogen) atoms. The molecule has 0 heterocycles. The molecule has 2 atom stereocenters. The van der Waals surface area contributed by atoms with Crippen LogP contribution in [0.2, 0.25) is 0 Å². The molecule has 0 aliphatic heterocycles. The van der Waals surface area contributed by atoms with E-state index in [2.05, 4.69) is 36.4 Å². The second-order valence-electron chi connectivity index (χ2n) is 6.91. The lowest BCUT2D eigenvalue weighted by Crippen LogP contribution is -2.23. The molecule has 2 fully saturated rings. The van der Waals surface area contributed by atoms with E-state index in [1.807, 2.05) is 0 Å². The van der Waals surface area contributed by atoms with E-state index in [9.17, 15) is 5.11 Å². The summed E-state index contributed by atoms with van der Waals surface area (Å²) < 4.78 is 6.16. The molecule has 2 aliphatic carbocycles. The van der Waals surface area contributed by atoms with Crippen molar-refractivity contribution in [1.29, 1.82) is 0 Å². The van der Waals surface area contributed by atoms with Gasteiger partial charge in [0.05, 0.1) is 12.7 Å². The molecule has 4 rings (SSSR count). The topological polar surface area (TPSA) is 29.5 Å². The van der Waals surface area contributed by atoms with Crippen molar-refractivity contribution >= 4 is 10.8 Å². The van der Waals surface area contributed by atoms with Gasteiger partial charge in [0.25, 0.3) is 0 Å². The third-order valence-electron chi connectivity index (χ3n) is 5.20. The van der Waals surface area contributed by atoms with Crippen molar-refractivity contribution in [2.24, 2.45) is 5.92 Å². The third-order valence-corrected chi connectivity index (χ3v) is 5.20. The Labute approximate surface area is 132 Å². The minimum Gasteiger partial charge on any atom is -0.493 e. The monoisotopic (exact) mass is 296 g/mol. The molecule has 2 saturated carbocycles. The number of fused-ring (bicyclic) bond motifs is 1. The molecule has 2 aromatic carbocycles. The normalized spacial score (nSPS) is 25.3. The quantitative estimate of drug-likeness (QED) is 0.890. The number of ether oxygens (including phenoxy) is 1. The number of hydrogen-bond donors (Lipinski definition) is 1. The van der Waals surface area contributed by atoms with E-state index in [0.29, 0.717) is 0 Å². The molecule has 0 radical (unpaired) electrons. The van der Waals surface area contributed by atoms with E-state index in [4.69, 9.17) is 4.74 Å². The fraction of sp³-hybridized carbons (Fsp3) is 0.500. The minimum atomic E-state index is -0.233. The van der Waals surface area contributed by atoms with Gasteiger partial charge < -0.3 is 9.84 Å². The minimum absolute atomic E-state index is 0.217. The zero-order valence-corrected chi connectivity index (χ0v) is 13.0. The summed E-state index contributed by atoms with van der Waals surface area (Å²) in [6.07, 6.45) is 6.69. The van der Waals surface area contributed by atoms with Crippen LogP contribution in [0.5, 0.6) is 5.75 Å². The van der Waals surface area contributed by atoms with Crippen LogP contribution in [0.25, 0.3) is 10.8 Å². The Kier molecular flexibility index (Phi) is 3.79. The van der Waals surface area contributed by atoms with Crippen molar-refractivity contribution in [2.75, 3.05) is 6.61 Å². The number of benzene rings is 2. The summed E-state index contributed by atoms with van der Waals surface area (Å²) in [5.74, 6) is 1.96. The Balaban J connectivity index is 1.77.